The minimum atomic E-state index is 0.739. The molecular weight excluding hydrogens is 290 g/mol. The van der Waals surface area contributed by atoms with Crippen LogP contribution in [0.4, 0.5) is 5.69 Å². The maximum Gasteiger partial charge on any atom is 0.138 e. The number of halogens is 1. The lowest BCUT2D eigenvalue weighted by Crippen LogP contribution is -1.83. The molecule has 1 aromatic heterocycles. The Hall–Kier alpha value is -1.81. The number of nitrogen functional groups attached to an aromatic ring is 1. The number of aryl methyl sites for hydroxylation is 1. The van der Waals surface area contributed by atoms with Gasteiger partial charge in [0.25, 0.3) is 0 Å². The lowest BCUT2D eigenvalue weighted by Gasteiger charge is -2.00. The summed E-state index contributed by atoms with van der Waals surface area (Å²) in [5, 5.41) is 0. The number of fused-ring (bicyclic) bond motifs is 1. The molecule has 0 unspecified atom stereocenters. The predicted octanol–water partition coefficient (Wildman–Crippen LogP) is 3.88. The molecule has 0 saturated heterocycles. The highest BCUT2D eigenvalue weighted by Crippen LogP contribution is 2.25. The summed E-state index contributed by atoms with van der Waals surface area (Å²) >= 11 is 3.50. The first-order chi connectivity index (χ1) is 8.61. The lowest BCUT2D eigenvalue weighted by molar-refractivity contribution is 1.32. The SMILES string of the molecule is Cc1cc(Br)cc(-c2nc3ccc(N)cc3[nH]2)c1. The van der Waals surface area contributed by atoms with E-state index in [2.05, 4.69) is 45.0 Å². The molecule has 0 atom stereocenters. The number of H-pyrrole nitrogens is 1. The van der Waals surface area contributed by atoms with Crippen LogP contribution in [0.5, 0.6) is 0 Å². The summed E-state index contributed by atoms with van der Waals surface area (Å²) in [6.45, 7) is 2.06. The number of hydrogen-bond donors (Lipinski definition) is 2. The minimum absolute atomic E-state index is 0.739. The van der Waals surface area contributed by atoms with Crippen molar-refractivity contribution in [2.24, 2.45) is 0 Å². The highest BCUT2D eigenvalue weighted by molar-refractivity contribution is 9.10. The number of nitrogens with one attached hydrogen (secondary N) is 1. The predicted molar refractivity (Wildman–Crippen MR) is 78.4 cm³/mol. The van der Waals surface area contributed by atoms with Gasteiger partial charge in [0.2, 0.25) is 0 Å². The topological polar surface area (TPSA) is 54.7 Å². The fourth-order valence-corrected chi connectivity index (χ4v) is 2.64. The molecule has 4 heteroatoms. The summed E-state index contributed by atoms with van der Waals surface area (Å²) in [4.78, 5) is 7.87. The summed E-state index contributed by atoms with van der Waals surface area (Å²) < 4.78 is 1.05. The normalized spacial score (nSPS) is 11.0. The lowest BCUT2D eigenvalue weighted by atomic mass is 10.1. The third-order valence-corrected chi connectivity index (χ3v) is 3.28. The quantitative estimate of drug-likeness (QED) is 0.670. The van der Waals surface area contributed by atoms with Gasteiger partial charge in [-0.05, 0) is 48.9 Å². The Morgan fingerprint density at radius 3 is 2.78 bits per heavy atom. The van der Waals surface area contributed by atoms with Crippen LogP contribution in [-0.4, -0.2) is 9.97 Å². The standard InChI is InChI=1S/C14H12BrN3/c1-8-4-9(6-10(15)5-8)14-17-12-3-2-11(16)7-13(12)18-14/h2-7H,16H2,1H3,(H,17,18). The fourth-order valence-electron chi connectivity index (χ4n) is 2.04. The Labute approximate surface area is 113 Å². The third kappa shape index (κ3) is 1.99. The molecule has 0 amide bonds. The Bertz CT molecular complexity index is 711. The van der Waals surface area contributed by atoms with Gasteiger partial charge in [0, 0.05) is 15.7 Å². The number of benzene rings is 2. The molecule has 3 rings (SSSR count). The largest absolute Gasteiger partial charge is 0.399 e. The van der Waals surface area contributed by atoms with Gasteiger partial charge in [-0.2, -0.15) is 0 Å². The zero-order valence-corrected chi connectivity index (χ0v) is 11.5. The number of imidazole rings is 1. The van der Waals surface area contributed by atoms with Gasteiger partial charge in [-0.3, -0.25) is 0 Å². The maximum absolute atomic E-state index is 5.76. The molecule has 0 saturated carbocycles. The number of aromatic amines is 1. The van der Waals surface area contributed by atoms with E-state index in [4.69, 9.17) is 5.73 Å². The molecule has 3 aromatic rings. The molecule has 0 spiro atoms. The van der Waals surface area contributed by atoms with Gasteiger partial charge >= 0.3 is 0 Å². The van der Waals surface area contributed by atoms with Crippen LogP contribution in [0.15, 0.2) is 40.9 Å². The first-order valence-corrected chi connectivity index (χ1v) is 6.44. The van der Waals surface area contributed by atoms with Crippen molar-refractivity contribution in [2.75, 3.05) is 5.73 Å². The Kier molecular flexibility index (Phi) is 2.59. The maximum atomic E-state index is 5.76. The van der Waals surface area contributed by atoms with Crippen molar-refractivity contribution in [3.05, 3.63) is 46.4 Å². The van der Waals surface area contributed by atoms with Gasteiger partial charge in [-0.1, -0.05) is 15.9 Å². The Balaban J connectivity index is 2.19. The van der Waals surface area contributed by atoms with Crippen molar-refractivity contribution in [2.45, 2.75) is 6.92 Å². The molecule has 0 aliphatic carbocycles. The van der Waals surface area contributed by atoms with Crippen molar-refractivity contribution < 1.29 is 0 Å². The van der Waals surface area contributed by atoms with Gasteiger partial charge in [-0.15, -0.1) is 0 Å². The van der Waals surface area contributed by atoms with E-state index >= 15 is 0 Å². The number of aromatic nitrogens is 2. The van der Waals surface area contributed by atoms with Crippen molar-refractivity contribution in [3.63, 3.8) is 0 Å². The molecule has 0 bridgehead atoms. The van der Waals surface area contributed by atoms with Gasteiger partial charge < -0.3 is 10.7 Å². The zero-order valence-electron chi connectivity index (χ0n) is 9.87. The molecule has 18 heavy (non-hydrogen) atoms. The number of nitrogens with two attached hydrogens (primary N) is 1. The number of anilines is 1. The Morgan fingerprint density at radius 1 is 1.17 bits per heavy atom. The number of rotatable bonds is 1. The van der Waals surface area contributed by atoms with Crippen LogP contribution < -0.4 is 5.73 Å². The zero-order chi connectivity index (χ0) is 12.7. The van der Waals surface area contributed by atoms with Gasteiger partial charge in [0.05, 0.1) is 11.0 Å². The average molecular weight is 302 g/mol. The van der Waals surface area contributed by atoms with Crippen LogP contribution in [0.2, 0.25) is 0 Å². The van der Waals surface area contributed by atoms with Crippen LogP contribution in [-0.2, 0) is 0 Å². The molecule has 2 aromatic carbocycles. The van der Waals surface area contributed by atoms with Gasteiger partial charge in [-0.25, -0.2) is 4.98 Å². The van der Waals surface area contributed by atoms with Crippen molar-refractivity contribution >= 4 is 32.7 Å². The molecule has 3 N–H and O–H groups in total. The van der Waals surface area contributed by atoms with Crippen LogP contribution >= 0.6 is 15.9 Å². The molecule has 0 aliphatic heterocycles. The molecule has 0 aliphatic rings. The summed E-state index contributed by atoms with van der Waals surface area (Å²) in [5.74, 6) is 0.861. The van der Waals surface area contributed by atoms with E-state index in [-0.39, 0.29) is 0 Å². The van der Waals surface area contributed by atoms with E-state index in [0.29, 0.717) is 0 Å². The summed E-state index contributed by atoms with van der Waals surface area (Å²) in [6, 6.07) is 11.9. The molecule has 0 fully saturated rings. The number of hydrogen-bond acceptors (Lipinski definition) is 2. The first-order valence-electron chi connectivity index (χ1n) is 5.64. The molecule has 3 nitrogen and oxygen atoms in total. The van der Waals surface area contributed by atoms with E-state index in [0.717, 1.165) is 32.6 Å². The van der Waals surface area contributed by atoms with Crippen LogP contribution in [0.25, 0.3) is 22.4 Å². The van der Waals surface area contributed by atoms with E-state index in [1.807, 2.05) is 24.3 Å². The molecule has 1 heterocycles. The van der Waals surface area contributed by atoms with E-state index < -0.39 is 0 Å². The van der Waals surface area contributed by atoms with Crippen LogP contribution in [0.3, 0.4) is 0 Å². The van der Waals surface area contributed by atoms with Crippen LogP contribution in [0.1, 0.15) is 5.56 Å². The van der Waals surface area contributed by atoms with Crippen molar-refractivity contribution in [3.8, 4) is 11.4 Å². The Morgan fingerprint density at radius 2 is 2.00 bits per heavy atom. The van der Waals surface area contributed by atoms with Crippen molar-refractivity contribution in [1.29, 1.82) is 0 Å². The molecule has 0 radical (unpaired) electrons. The summed E-state index contributed by atoms with van der Waals surface area (Å²) in [5.41, 5.74) is 10.7. The van der Waals surface area contributed by atoms with E-state index in [1.165, 1.54) is 5.56 Å². The second kappa shape index (κ2) is 4.14. The highest BCUT2D eigenvalue weighted by Gasteiger charge is 2.06. The fraction of sp³-hybridized carbons (Fsp3) is 0.0714. The second-order valence-electron chi connectivity index (χ2n) is 4.38. The van der Waals surface area contributed by atoms with E-state index in [9.17, 15) is 0 Å². The monoisotopic (exact) mass is 301 g/mol. The van der Waals surface area contributed by atoms with Gasteiger partial charge in [0.15, 0.2) is 0 Å². The number of nitrogens with zero attached hydrogens (tertiary/aromatic N) is 1. The van der Waals surface area contributed by atoms with Crippen LogP contribution in [0, 0.1) is 6.92 Å². The summed E-state index contributed by atoms with van der Waals surface area (Å²) in [7, 11) is 0. The van der Waals surface area contributed by atoms with Crippen molar-refractivity contribution in [1.82, 2.24) is 9.97 Å². The molecular formula is C14H12BrN3. The first kappa shape index (κ1) is 11.3. The third-order valence-electron chi connectivity index (χ3n) is 2.82. The summed E-state index contributed by atoms with van der Waals surface area (Å²) in [6.07, 6.45) is 0. The second-order valence-corrected chi connectivity index (χ2v) is 5.29. The average Bonchev–Trinajstić information content (AvgIpc) is 2.70. The van der Waals surface area contributed by atoms with E-state index in [1.54, 1.807) is 0 Å². The smallest absolute Gasteiger partial charge is 0.138 e. The molecule has 90 valence electrons. The van der Waals surface area contributed by atoms with Gasteiger partial charge in [0.1, 0.15) is 5.82 Å². The minimum Gasteiger partial charge on any atom is -0.399 e. The highest BCUT2D eigenvalue weighted by atomic mass is 79.9.